The third-order valence-corrected chi connectivity index (χ3v) is 4.84. The number of amides is 2. The zero-order valence-electron chi connectivity index (χ0n) is 14.5. The maximum atomic E-state index is 12.8. The van der Waals surface area contributed by atoms with Crippen LogP contribution in [0.2, 0.25) is 0 Å². The molecule has 1 aliphatic heterocycles. The van der Waals surface area contributed by atoms with Gasteiger partial charge in [-0.15, -0.1) is 0 Å². The van der Waals surface area contributed by atoms with Crippen LogP contribution in [0.15, 0.2) is 42.5 Å². The van der Waals surface area contributed by atoms with Crippen molar-refractivity contribution >= 4 is 11.7 Å². The van der Waals surface area contributed by atoms with Gasteiger partial charge in [0.25, 0.3) is 0 Å². The third kappa shape index (κ3) is 3.23. The molecule has 0 bridgehead atoms. The molecule has 2 aromatic rings. The Morgan fingerprint density at radius 1 is 1.21 bits per heavy atom. The van der Waals surface area contributed by atoms with Gasteiger partial charge >= 0.3 is 6.03 Å². The van der Waals surface area contributed by atoms with E-state index < -0.39 is 0 Å². The quantitative estimate of drug-likeness (QED) is 0.890. The molecular formula is C20H24N2O2. The zero-order valence-corrected chi connectivity index (χ0v) is 14.5. The van der Waals surface area contributed by atoms with E-state index in [-0.39, 0.29) is 12.1 Å². The van der Waals surface area contributed by atoms with Crippen molar-refractivity contribution in [3.05, 3.63) is 59.2 Å². The molecule has 0 saturated carbocycles. The third-order valence-electron chi connectivity index (χ3n) is 4.84. The first-order chi connectivity index (χ1) is 11.6. The van der Waals surface area contributed by atoms with E-state index in [0.717, 1.165) is 42.0 Å². The van der Waals surface area contributed by atoms with Crippen LogP contribution in [-0.4, -0.2) is 24.6 Å². The summed E-state index contributed by atoms with van der Waals surface area (Å²) in [6.45, 7) is 4.87. The lowest BCUT2D eigenvalue weighted by Crippen LogP contribution is -2.34. The Balaban J connectivity index is 1.79. The molecule has 0 aliphatic carbocycles. The normalized spacial score (nSPS) is 17.0. The molecule has 1 saturated heterocycles. The van der Waals surface area contributed by atoms with E-state index in [4.69, 9.17) is 4.74 Å². The minimum Gasteiger partial charge on any atom is -0.497 e. The van der Waals surface area contributed by atoms with E-state index in [0.29, 0.717) is 0 Å². The number of aryl methyl sites for hydroxylation is 1. The van der Waals surface area contributed by atoms with Gasteiger partial charge in [-0.3, -0.25) is 0 Å². The van der Waals surface area contributed by atoms with Crippen LogP contribution in [0.3, 0.4) is 0 Å². The number of urea groups is 1. The van der Waals surface area contributed by atoms with Gasteiger partial charge < -0.3 is 15.0 Å². The summed E-state index contributed by atoms with van der Waals surface area (Å²) in [4.78, 5) is 14.7. The second kappa shape index (κ2) is 6.95. The van der Waals surface area contributed by atoms with Gasteiger partial charge in [-0.05, 0) is 61.6 Å². The second-order valence-electron chi connectivity index (χ2n) is 6.31. The highest BCUT2D eigenvalue weighted by molar-refractivity contribution is 5.90. The summed E-state index contributed by atoms with van der Waals surface area (Å²) < 4.78 is 5.32. The lowest BCUT2D eigenvalue weighted by molar-refractivity contribution is 0.207. The lowest BCUT2D eigenvalue weighted by atomic mass is 10.0. The van der Waals surface area contributed by atoms with E-state index in [2.05, 4.69) is 24.4 Å². The first-order valence-corrected chi connectivity index (χ1v) is 8.38. The molecule has 0 aromatic heterocycles. The number of hydrogen-bond acceptors (Lipinski definition) is 2. The Bertz CT molecular complexity index is 742. The van der Waals surface area contributed by atoms with Crippen molar-refractivity contribution in [3.63, 3.8) is 0 Å². The zero-order chi connectivity index (χ0) is 17.1. The van der Waals surface area contributed by atoms with Gasteiger partial charge in [-0.25, -0.2) is 4.79 Å². The van der Waals surface area contributed by atoms with Crippen molar-refractivity contribution in [3.8, 4) is 5.75 Å². The number of rotatable bonds is 3. The van der Waals surface area contributed by atoms with E-state index in [1.165, 1.54) is 5.56 Å². The van der Waals surface area contributed by atoms with Gasteiger partial charge in [0.05, 0.1) is 13.2 Å². The van der Waals surface area contributed by atoms with Gasteiger partial charge in [0.15, 0.2) is 0 Å². The molecule has 4 nitrogen and oxygen atoms in total. The van der Waals surface area contributed by atoms with E-state index >= 15 is 0 Å². The standard InChI is InChI=1S/C20H24N2O2/c1-14-7-4-10-18(15(14)2)21-20(23)22-12-6-11-19(22)16-8-5-9-17(13-16)24-3/h4-5,7-10,13,19H,6,11-12H2,1-3H3,(H,21,23). The highest BCUT2D eigenvalue weighted by Crippen LogP contribution is 2.34. The Labute approximate surface area is 143 Å². The Morgan fingerprint density at radius 3 is 2.79 bits per heavy atom. The Kier molecular flexibility index (Phi) is 4.74. The summed E-state index contributed by atoms with van der Waals surface area (Å²) in [5.41, 5.74) is 4.31. The molecule has 1 aliphatic rings. The lowest BCUT2D eigenvalue weighted by Gasteiger charge is -2.26. The largest absolute Gasteiger partial charge is 0.497 e. The van der Waals surface area contributed by atoms with Crippen molar-refractivity contribution in [1.82, 2.24) is 4.90 Å². The molecule has 1 fully saturated rings. The summed E-state index contributed by atoms with van der Waals surface area (Å²) in [6.07, 6.45) is 2.00. The fourth-order valence-corrected chi connectivity index (χ4v) is 3.28. The summed E-state index contributed by atoms with van der Waals surface area (Å²) in [5, 5.41) is 3.08. The average molecular weight is 324 g/mol. The number of anilines is 1. The number of methoxy groups -OCH3 is 1. The maximum absolute atomic E-state index is 12.8. The number of nitrogens with zero attached hydrogens (tertiary/aromatic N) is 1. The molecule has 2 amide bonds. The van der Waals surface area contributed by atoms with Crippen LogP contribution in [0.1, 0.15) is 35.6 Å². The fraction of sp³-hybridized carbons (Fsp3) is 0.350. The Hall–Kier alpha value is -2.49. The minimum absolute atomic E-state index is 0.0333. The molecule has 1 heterocycles. The molecular weight excluding hydrogens is 300 g/mol. The molecule has 4 heteroatoms. The summed E-state index contributed by atoms with van der Waals surface area (Å²) in [6, 6.07) is 14.1. The molecule has 1 unspecified atom stereocenters. The number of carbonyl (C=O) groups excluding carboxylic acids is 1. The summed E-state index contributed by atoms with van der Waals surface area (Å²) in [5.74, 6) is 0.828. The van der Waals surface area contributed by atoms with Crippen molar-refractivity contribution in [2.75, 3.05) is 19.0 Å². The molecule has 126 valence electrons. The highest BCUT2D eigenvalue weighted by atomic mass is 16.5. The van der Waals surface area contributed by atoms with E-state index in [1.807, 2.05) is 42.2 Å². The maximum Gasteiger partial charge on any atom is 0.322 e. The molecule has 1 N–H and O–H groups in total. The molecule has 1 atom stereocenters. The minimum atomic E-state index is -0.0333. The first-order valence-electron chi connectivity index (χ1n) is 8.38. The van der Waals surface area contributed by atoms with Crippen molar-refractivity contribution in [2.24, 2.45) is 0 Å². The number of ether oxygens (including phenoxy) is 1. The van der Waals surface area contributed by atoms with Crippen LogP contribution in [0, 0.1) is 13.8 Å². The smallest absolute Gasteiger partial charge is 0.322 e. The summed E-state index contributed by atoms with van der Waals surface area (Å²) in [7, 11) is 1.67. The van der Waals surface area contributed by atoms with Crippen LogP contribution in [0.25, 0.3) is 0 Å². The number of carbonyl (C=O) groups is 1. The predicted molar refractivity (Wildman–Crippen MR) is 96.6 cm³/mol. The molecule has 3 rings (SSSR count). The van der Waals surface area contributed by atoms with Crippen LogP contribution in [0.5, 0.6) is 5.75 Å². The number of hydrogen-bond donors (Lipinski definition) is 1. The SMILES string of the molecule is COc1cccc(C2CCCN2C(=O)Nc2cccc(C)c2C)c1. The highest BCUT2D eigenvalue weighted by Gasteiger charge is 2.30. The molecule has 0 spiro atoms. The van der Waals surface area contributed by atoms with Gasteiger partial charge in [0.2, 0.25) is 0 Å². The number of likely N-dealkylation sites (tertiary alicyclic amines) is 1. The van der Waals surface area contributed by atoms with Crippen LogP contribution in [0.4, 0.5) is 10.5 Å². The van der Waals surface area contributed by atoms with Gasteiger partial charge in [0, 0.05) is 12.2 Å². The first kappa shape index (κ1) is 16.4. The molecule has 24 heavy (non-hydrogen) atoms. The van der Waals surface area contributed by atoms with Crippen LogP contribution < -0.4 is 10.1 Å². The van der Waals surface area contributed by atoms with Gasteiger partial charge in [-0.2, -0.15) is 0 Å². The van der Waals surface area contributed by atoms with E-state index in [9.17, 15) is 4.79 Å². The second-order valence-corrected chi connectivity index (χ2v) is 6.31. The van der Waals surface area contributed by atoms with Gasteiger partial charge in [0.1, 0.15) is 5.75 Å². The van der Waals surface area contributed by atoms with Crippen LogP contribution in [-0.2, 0) is 0 Å². The average Bonchev–Trinajstić information content (AvgIpc) is 3.09. The molecule has 0 radical (unpaired) electrons. The number of benzene rings is 2. The van der Waals surface area contributed by atoms with Crippen LogP contribution >= 0.6 is 0 Å². The monoisotopic (exact) mass is 324 g/mol. The number of nitrogens with one attached hydrogen (secondary N) is 1. The molecule has 2 aromatic carbocycles. The Morgan fingerprint density at radius 2 is 2.00 bits per heavy atom. The van der Waals surface area contributed by atoms with E-state index in [1.54, 1.807) is 7.11 Å². The van der Waals surface area contributed by atoms with Crippen molar-refractivity contribution in [2.45, 2.75) is 32.7 Å². The fourth-order valence-electron chi connectivity index (χ4n) is 3.28. The van der Waals surface area contributed by atoms with Crippen molar-refractivity contribution < 1.29 is 9.53 Å². The summed E-state index contributed by atoms with van der Waals surface area (Å²) >= 11 is 0. The van der Waals surface area contributed by atoms with Gasteiger partial charge in [-0.1, -0.05) is 24.3 Å². The predicted octanol–water partition coefficient (Wildman–Crippen LogP) is 4.68. The van der Waals surface area contributed by atoms with Crippen molar-refractivity contribution in [1.29, 1.82) is 0 Å². The topological polar surface area (TPSA) is 41.6 Å².